The predicted molar refractivity (Wildman–Crippen MR) is 132 cm³/mol. The van der Waals surface area contributed by atoms with Crippen LogP contribution in [0.15, 0.2) is 65.2 Å². The number of imide groups is 1. The first kappa shape index (κ1) is 22.5. The number of fused-ring (bicyclic) bond motifs is 2. The Morgan fingerprint density at radius 1 is 1.11 bits per heavy atom. The van der Waals surface area contributed by atoms with E-state index in [-0.39, 0.29) is 24.6 Å². The quantitative estimate of drug-likeness (QED) is 0.331. The van der Waals surface area contributed by atoms with E-state index in [2.05, 4.69) is 25.9 Å². The number of pyridine rings is 2. The number of ether oxygens (including phenoxy) is 1. The second kappa shape index (κ2) is 8.63. The van der Waals surface area contributed by atoms with E-state index in [1.807, 2.05) is 24.3 Å². The van der Waals surface area contributed by atoms with Gasteiger partial charge in [0, 0.05) is 37.3 Å². The number of benzene rings is 1. The van der Waals surface area contributed by atoms with Gasteiger partial charge in [-0.3, -0.25) is 14.9 Å². The van der Waals surface area contributed by atoms with Crippen LogP contribution in [0.25, 0.3) is 11.1 Å². The second-order valence-electron chi connectivity index (χ2n) is 8.84. The fourth-order valence-electron chi connectivity index (χ4n) is 4.69. The first-order valence-electron chi connectivity index (χ1n) is 11.6. The number of anilines is 2. The summed E-state index contributed by atoms with van der Waals surface area (Å²) in [6.45, 7) is 0.606. The molecule has 0 bridgehead atoms. The van der Waals surface area contributed by atoms with Crippen LogP contribution in [0.3, 0.4) is 0 Å². The van der Waals surface area contributed by atoms with Crippen molar-refractivity contribution in [3.8, 4) is 5.75 Å². The maximum atomic E-state index is 13.1. The molecule has 2 aliphatic rings. The zero-order valence-corrected chi connectivity index (χ0v) is 19.8. The van der Waals surface area contributed by atoms with E-state index in [4.69, 9.17) is 9.15 Å². The summed E-state index contributed by atoms with van der Waals surface area (Å²) in [5.41, 5.74) is 0.904. The van der Waals surface area contributed by atoms with E-state index >= 15 is 0 Å². The van der Waals surface area contributed by atoms with Crippen molar-refractivity contribution in [3.05, 3.63) is 77.7 Å². The number of aromatic nitrogens is 2. The van der Waals surface area contributed by atoms with Crippen molar-refractivity contribution < 1.29 is 23.5 Å². The molecule has 6 rings (SSSR count). The zero-order valence-electron chi connectivity index (χ0n) is 19.8. The lowest BCUT2D eigenvalue weighted by Gasteiger charge is -2.26. The van der Waals surface area contributed by atoms with E-state index in [0.29, 0.717) is 40.6 Å². The smallest absolute Gasteiger partial charge is 0.322 e. The lowest BCUT2D eigenvalue weighted by Crippen LogP contribution is -2.46. The zero-order chi connectivity index (χ0) is 25.6. The third-order valence-electron chi connectivity index (χ3n) is 6.61. The average Bonchev–Trinajstić information content (AvgIpc) is 3.56. The number of hydrogen-bond acceptors (Lipinski definition) is 8. The normalized spacial score (nSPS) is 18.6. The highest BCUT2D eigenvalue weighted by molar-refractivity contribution is 6.07. The number of amides is 4. The summed E-state index contributed by atoms with van der Waals surface area (Å²) in [4.78, 5) is 48.7. The summed E-state index contributed by atoms with van der Waals surface area (Å²) in [6, 6.07) is 15.3. The molecule has 3 N–H and O–H groups in total. The summed E-state index contributed by atoms with van der Waals surface area (Å²) in [6.07, 6.45) is 1.78. The van der Waals surface area contributed by atoms with Crippen LogP contribution in [-0.2, 0) is 16.9 Å². The van der Waals surface area contributed by atoms with Gasteiger partial charge in [0.25, 0.3) is 11.8 Å². The van der Waals surface area contributed by atoms with Crippen molar-refractivity contribution in [1.29, 1.82) is 0 Å². The molecule has 0 aliphatic carbocycles. The van der Waals surface area contributed by atoms with Crippen LogP contribution in [0.2, 0.25) is 0 Å². The fraction of sp³-hybridized carbons (Fsp3) is 0.192. The van der Waals surface area contributed by atoms with Gasteiger partial charge in [-0.25, -0.2) is 14.8 Å². The van der Waals surface area contributed by atoms with Crippen LogP contribution >= 0.6 is 0 Å². The molecule has 186 valence electrons. The van der Waals surface area contributed by atoms with Crippen LogP contribution in [-0.4, -0.2) is 46.4 Å². The minimum Gasteiger partial charge on any atom is -0.497 e. The molecule has 1 unspecified atom stereocenters. The van der Waals surface area contributed by atoms with Crippen molar-refractivity contribution in [2.24, 2.45) is 0 Å². The Hall–Kier alpha value is -4.93. The van der Waals surface area contributed by atoms with Gasteiger partial charge >= 0.3 is 6.03 Å². The van der Waals surface area contributed by atoms with Crippen molar-refractivity contribution in [3.63, 3.8) is 0 Å². The number of urea groups is 1. The Morgan fingerprint density at radius 2 is 2.00 bits per heavy atom. The Kier molecular flexibility index (Phi) is 5.25. The van der Waals surface area contributed by atoms with Gasteiger partial charge in [-0.2, -0.15) is 0 Å². The number of nitrogens with zero attached hydrogens (tertiary/aromatic N) is 3. The standard InChI is InChI=1S/C26H22N6O5/c1-36-16-6-5-15-14-32(23(33)17(15)12-16)11-9-26(24(34)30-25(35)31-26)20-13-18-19(37-20)7-8-22(28-18)29-21-4-2-3-10-27-21/h2-8,10,12-13H,9,11,14H2,1H3,(H,27,28,29)(H2,30,31,34,35). The number of methoxy groups -OCH3 is 1. The molecule has 0 saturated carbocycles. The van der Waals surface area contributed by atoms with Crippen LogP contribution < -0.4 is 20.7 Å². The minimum absolute atomic E-state index is 0.111. The van der Waals surface area contributed by atoms with Crippen molar-refractivity contribution in [1.82, 2.24) is 25.5 Å². The molecule has 0 radical (unpaired) electrons. The molecular weight excluding hydrogens is 476 g/mol. The van der Waals surface area contributed by atoms with E-state index in [0.717, 1.165) is 5.56 Å². The lowest BCUT2D eigenvalue weighted by molar-refractivity contribution is -0.125. The van der Waals surface area contributed by atoms with Gasteiger partial charge in [-0.05, 0) is 42.0 Å². The summed E-state index contributed by atoms with van der Waals surface area (Å²) in [7, 11) is 1.55. The largest absolute Gasteiger partial charge is 0.497 e. The molecule has 1 saturated heterocycles. The second-order valence-corrected chi connectivity index (χ2v) is 8.84. The Balaban J connectivity index is 1.27. The molecule has 0 spiro atoms. The van der Waals surface area contributed by atoms with Crippen LogP contribution in [0.1, 0.15) is 28.1 Å². The maximum Gasteiger partial charge on any atom is 0.322 e. The fourth-order valence-corrected chi connectivity index (χ4v) is 4.69. The third kappa shape index (κ3) is 3.90. The summed E-state index contributed by atoms with van der Waals surface area (Å²) < 4.78 is 11.2. The highest BCUT2D eigenvalue weighted by atomic mass is 16.5. The van der Waals surface area contributed by atoms with Gasteiger partial charge in [0.05, 0.1) is 7.11 Å². The maximum absolute atomic E-state index is 13.1. The minimum atomic E-state index is -1.49. The molecule has 5 heterocycles. The third-order valence-corrected chi connectivity index (χ3v) is 6.61. The first-order chi connectivity index (χ1) is 17.9. The molecule has 2 aliphatic heterocycles. The lowest BCUT2D eigenvalue weighted by atomic mass is 9.92. The summed E-state index contributed by atoms with van der Waals surface area (Å²) in [5, 5.41) is 8.14. The van der Waals surface area contributed by atoms with Gasteiger partial charge in [0.2, 0.25) is 0 Å². The summed E-state index contributed by atoms with van der Waals surface area (Å²) in [5.74, 6) is 1.30. The monoisotopic (exact) mass is 498 g/mol. The molecular formula is C26H22N6O5. The van der Waals surface area contributed by atoms with Crippen LogP contribution in [0.4, 0.5) is 16.4 Å². The Morgan fingerprint density at radius 3 is 2.76 bits per heavy atom. The first-order valence-corrected chi connectivity index (χ1v) is 11.6. The number of nitrogens with one attached hydrogen (secondary N) is 3. The Bertz CT molecular complexity index is 1550. The molecule has 11 nitrogen and oxygen atoms in total. The van der Waals surface area contributed by atoms with Gasteiger partial charge in [-0.1, -0.05) is 12.1 Å². The molecule has 11 heteroatoms. The number of carbonyl (C=O) groups excluding carboxylic acids is 3. The van der Waals surface area contributed by atoms with Gasteiger partial charge in [-0.15, -0.1) is 0 Å². The predicted octanol–water partition coefficient (Wildman–Crippen LogP) is 3.06. The van der Waals surface area contributed by atoms with Gasteiger partial charge < -0.3 is 24.7 Å². The van der Waals surface area contributed by atoms with E-state index in [1.165, 1.54) is 0 Å². The van der Waals surface area contributed by atoms with E-state index < -0.39 is 17.5 Å². The molecule has 3 aromatic heterocycles. The molecule has 1 fully saturated rings. The van der Waals surface area contributed by atoms with E-state index in [1.54, 1.807) is 48.5 Å². The van der Waals surface area contributed by atoms with Crippen molar-refractivity contribution in [2.75, 3.05) is 19.0 Å². The molecule has 1 atom stereocenters. The van der Waals surface area contributed by atoms with Crippen molar-refractivity contribution >= 4 is 40.6 Å². The van der Waals surface area contributed by atoms with Crippen molar-refractivity contribution in [2.45, 2.75) is 18.5 Å². The molecule has 4 amide bonds. The topological polar surface area (TPSA) is 139 Å². The number of carbonyl (C=O) groups is 3. The number of furan rings is 1. The van der Waals surface area contributed by atoms with Crippen LogP contribution in [0.5, 0.6) is 5.75 Å². The highest BCUT2D eigenvalue weighted by Gasteiger charge is 2.50. The van der Waals surface area contributed by atoms with Gasteiger partial charge in [0.15, 0.2) is 11.1 Å². The highest BCUT2D eigenvalue weighted by Crippen LogP contribution is 2.35. The number of rotatable bonds is 7. The van der Waals surface area contributed by atoms with Crippen LogP contribution in [0, 0.1) is 0 Å². The SMILES string of the molecule is COc1ccc2c(c1)C(=O)N(CCC1(c3cc4nc(Nc5ccccn5)ccc4o3)NC(=O)NC1=O)C2. The summed E-state index contributed by atoms with van der Waals surface area (Å²) >= 11 is 0. The van der Waals surface area contributed by atoms with E-state index in [9.17, 15) is 14.4 Å². The molecule has 1 aromatic carbocycles. The number of hydrogen-bond donors (Lipinski definition) is 3. The average molecular weight is 498 g/mol. The Labute approximate surface area is 210 Å². The molecule has 37 heavy (non-hydrogen) atoms. The van der Waals surface area contributed by atoms with Gasteiger partial charge in [0.1, 0.15) is 28.7 Å². The molecule has 4 aromatic rings.